The van der Waals surface area contributed by atoms with Crippen LogP contribution < -0.4 is 0 Å². The van der Waals surface area contributed by atoms with Crippen LogP contribution in [0.2, 0.25) is 0 Å². The first-order chi connectivity index (χ1) is 11.7. The van der Waals surface area contributed by atoms with Gasteiger partial charge in [0.15, 0.2) is 0 Å². The number of aryl methyl sites for hydroxylation is 2. The maximum atomic E-state index is 12.9. The predicted molar refractivity (Wildman–Crippen MR) is 89.3 cm³/mol. The highest BCUT2D eigenvalue weighted by Gasteiger charge is 2.31. The smallest absolute Gasteiger partial charge is 0.245 e. The number of hydrogen-bond acceptors (Lipinski definition) is 4. The molecule has 1 saturated heterocycles. The van der Waals surface area contributed by atoms with Crippen molar-refractivity contribution in [3.63, 3.8) is 0 Å². The summed E-state index contributed by atoms with van der Waals surface area (Å²) in [6.07, 6.45) is 10.5. The normalized spacial score (nSPS) is 21.7. The maximum absolute atomic E-state index is 12.9. The Hall–Kier alpha value is -2.15. The molecule has 2 aliphatic rings. The van der Waals surface area contributed by atoms with E-state index in [2.05, 4.69) is 24.0 Å². The largest absolute Gasteiger partial charge is 0.338 e. The number of piperazine rings is 1. The van der Waals surface area contributed by atoms with Gasteiger partial charge >= 0.3 is 0 Å². The van der Waals surface area contributed by atoms with Gasteiger partial charge in [0, 0.05) is 64.4 Å². The molecule has 7 heteroatoms. The van der Waals surface area contributed by atoms with Gasteiger partial charge in [0.25, 0.3) is 0 Å². The van der Waals surface area contributed by atoms with Crippen molar-refractivity contribution < 1.29 is 4.79 Å². The van der Waals surface area contributed by atoms with Gasteiger partial charge in [-0.15, -0.1) is 0 Å². The highest BCUT2D eigenvalue weighted by molar-refractivity contribution is 5.80. The first-order valence-electron chi connectivity index (χ1n) is 8.71. The van der Waals surface area contributed by atoms with Crippen molar-refractivity contribution in [2.24, 2.45) is 7.05 Å². The molecule has 1 amide bonds. The molecular formula is C17H24N6O. The Morgan fingerprint density at radius 3 is 2.71 bits per heavy atom. The first kappa shape index (κ1) is 15.4. The Morgan fingerprint density at radius 1 is 1.17 bits per heavy atom. The first-order valence-corrected chi connectivity index (χ1v) is 8.71. The maximum Gasteiger partial charge on any atom is 0.245 e. The molecule has 0 aromatic carbocycles. The molecule has 4 heterocycles. The molecule has 1 fully saturated rings. The Kier molecular flexibility index (Phi) is 4.10. The van der Waals surface area contributed by atoms with E-state index in [1.54, 1.807) is 0 Å². The molecule has 2 aliphatic heterocycles. The Bertz CT molecular complexity index is 712. The van der Waals surface area contributed by atoms with Gasteiger partial charge in [-0.1, -0.05) is 0 Å². The fourth-order valence-corrected chi connectivity index (χ4v) is 3.74. The van der Waals surface area contributed by atoms with Crippen molar-refractivity contribution in [1.29, 1.82) is 0 Å². The fourth-order valence-electron chi connectivity index (χ4n) is 3.74. The van der Waals surface area contributed by atoms with Crippen molar-refractivity contribution in [3.05, 3.63) is 36.4 Å². The van der Waals surface area contributed by atoms with E-state index in [4.69, 9.17) is 0 Å². The minimum atomic E-state index is -0.0580. The summed E-state index contributed by atoms with van der Waals surface area (Å²) >= 11 is 0. The molecule has 0 N–H and O–H groups in total. The molecule has 1 unspecified atom stereocenters. The number of amides is 1. The lowest BCUT2D eigenvalue weighted by Crippen LogP contribution is -2.50. The van der Waals surface area contributed by atoms with Gasteiger partial charge < -0.3 is 14.0 Å². The van der Waals surface area contributed by atoms with Crippen LogP contribution in [0.5, 0.6) is 0 Å². The summed E-state index contributed by atoms with van der Waals surface area (Å²) in [7, 11) is 2.02. The van der Waals surface area contributed by atoms with E-state index < -0.39 is 0 Å². The standard InChI is InChI=1S/C17H24N6O/c1-20-7-5-19-16(20)13-21-9-11-22(12-10-21)17(24)14-3-2-4-15-18-6-8-23(14)15/h5-8,14H,2-4,9-13H2,1H3. The summed E-state index contributed by atoms with van der Waals surface area (Å²) in [5.74, 6) is 2.38. The zero-order chi connectivity index (χ0) is 16.5. The lowest BCUT2D eigenvalue weighted by atomic mass is 10.0. The topological polar surface area (TPSA) is 59.2 Å². The van der Waals surface area contributed by atoms with Gasteiger partial charge in [0.2, 0.25) is 5.91 Å². The second-order valence-electron chi connectivity index (χ2n) is 6.71. The molecule has 0 aliphatic carbocycles. The number of rotatable bonds is 3. The van der Waals surface area contributed by atoms with E-state index in [1.165, 1.54) is 0 Å². The highest BCUT2D eigenvalue weighted by atomic mass is 16.2. The van der Waals surface area contributed by atoms with Crippen LogP contribution in [-0.4, -0.2) is 61.0 Å². The zero-order valence-electron chi connectivity index (χ0n) is 14.1. The Balaban J connectivity index is 1.36. The fraction of sp³-hybridized carbons (Fsp3) is 0.588. The second kappa shape index (κ2) is 6.39. The van der Waals surface area contributed by atoms with Crippen molar-refractivity contribution in [1.82, 2.24) is 28.9 Å². The van der Waals surface area contributed by atoms with Crippen molar-refractivity contribution in [2.45, 2.75) is 31.8 Å². The summed E-state index contributed by atoms with van der Waals surface area (Å²) in [4.78, 5) is 26.1. The molecule has 2 aromatic rings. The molecule has 4 rings (SSSR count). The Morgan fingerprint density at radius 2 is 1.96 bits per heavy atom. The molecule has 0 saturated carbocycles. The molecular weight excluding hydrogens is 304 g/mol. The number of fused-ring (bicyclic) bond motifs is 1. The minimum absolute atomic E-state index is 0.0580. The lowest BCUT2D eigenvalue weighted by Gasteiger charge is -2.37. The summed E-state index contributed by atoms with van der Waals surface area (Å²) in [5.41, 5.74) is 0. The van der Waals surface area contributed by atoms with Crippen LogP contribution >= 0.6 is 0 Å². The molecule has 0 bridgehead atoms. The Labute approximate surface area is 141 Å². The third kappa shape index (κ3) is 2.84. The van der Waals surface area contributed by atoms with Crippen LogP contribution in [0, 0.1) is 0 Å². The van der Waals surface area contributed by atoms with E-state index in [-0.39, 0.29) is 11.9 Å². The van der Waals surface area contributed by atoms with E-state index in [1.807, 2.05) is 36.7 Å². The van der Waals surface area contributed by atoms with Crippen LogP contribution in [0.25, 0.3) is 0 Å². The average molecular weight is 328 g/mol. The molecule has 24 heavy (non-hydrogen) atoms. The molecule has 0 spiro atoms. The number of hydrogen-bond donors (Lipinski definition) is 0. The van der Waals surface area contributed by atoms with Gasteiger partial charge in [0.05, 0.1) is 6.54 Å². The third-order valence-corrected chi connectivity index (χ3v) is 5.22. The van der Waals surface area contributed by atoms with Crippen molar-refractivity contribution in [3.8, 4) is 0 Å². The SMILES string of the molecule is Cn1ccnc1CN1CCN(C(=O)C2CCCc3nccn32)CC1. The van der Waals surface area contributed by atoms with E-state index >= 15 is 0 Å². The second-order valence-corrected chi connectivity index (χ2v) is 6.71. The van der Waals surface area contributed by atoms with Crippen LogP contribution in [0.4, 0.5) is 0 Å². The monoisotopic (exact) mass is 328 g/mol. The highest BCUT2D eigenvalue weighted by Crippen LogP contribution is 2.26. The third-order valence-electron chi connectivity index (χ3n) is 5.22. The predicted octanol–water partition coefficient (Wildman–Crippen LogP) is 0.838. The van der Waals surface area contributed by atoms with Crippen LogP contribution in [0.3, 0.4) is 0 Å². The van der Waals surface area contributed by atoms with Crippen LogP contribution in [0.15, 0.2) is 24.8 Å². The van der Waals surface area contributed by atoms with Gasteiger partial charge in [0.1, 0.15) is 17.7 Å². The minimum Gasteiger partial charge on any atom is -0.338 e. The molecule has 1 atom stereocenters. The summed E-state index contributed by atoms with van der Waals surface area (Å²) in [6, 6.07) is -0.0580. The van der Waals surface area contributed by atoms with Gasteiger partial charge in [-0.05, 0) is 12.8 Å². The van der Waals surface area contributed by atoms with Crippen molar-refractivity contribution in [2.75, 3.05) is 26.2 Å². The molecule has 2 aromatic heterocycles. The number of carbonyl (C=O) groups excluding carboxylic acids is 1. The van der Waals surface area contributed by atoms with E-state index in [0.717, 1.165) is 63.6 Å². The van der Waals surface area contributed by atoms with Crippen LogP contribution in [-0.2, 0) is 24.8 Å². The van der Waals surface area contributed by atoms with Gasteiger partial charge in [-0.3, -0.25) is 9.69 Å². The van der Waals surface area contributed by atoms with Crippen LogP contribution in [0.1, 0.15) is 30.5 Å². The zero-order valence-corrected chi connectivity index (χ0v) is 14.1. The summed E-state index contributed by atoms with van der Waals surface area (Å²) in [5, 5.41) is 0. The summed E-state index contributed by atoms with van der Waals surface area (Å²) < 4.78 is 4.13. The number of carbonyl (C=O) groups is 1. The quantitative estimate of drug-likeness (QED) is 0.838. The molecule has 7 nitrogen and oxygen atoms in total. The molecule has 128 valence electrons. The summed E-state index contributed by atoms with van der Waals surface area (Å²) in [6.45, 7) is 4.25. The van der Waals surface area contributed by atoms with Gasteiger partial charge in [-0.25, -0.2) is 9.97 Å². The number of imidazole rings is 2. The van der Waals surface area contributed by atoms with Gasteiger partial charge in [-0.2, -0.15) is 0 Å². The lowest BCUT2D eigenvalue weighted by molar-refractivity contribution is -0.137. The average Bonchev–Trinajstić information content (AvgIpc) is 3.24. The number of nitrogens with zero attached hydrogens (tertiary/aromatic N) is 6. The molecule has 0 radical (unpaired) electrons. The van der Waals surface area contributed by atoms with E-state index in [9.17, 15) is 4.79 Å². The van der Waals surface area contributed by atoms with Crippen molar-refractivity contribution >= 4 is 5.91 Å². The van der Waals surface area contributed by atoms with E-state index in [0.29, 0.717) is 0 Å². The number of aromatic nitrogens is 4.